The molecule has 0 bridgehead atoms. The van der Waals surface area contributed by atoms with Gasteiger partial charge in [0.2, 0.25) is 11.1 Å². The third kappa shape index (κ3) is 5.61. The van der Waals surface area contributed by atoms with Crippen LogP contribution in [0.15, 0.2) is 39.9 Å². The van der Waals surface area contributed by atoms with Crippen molar-refractivity contribution in [3.8, 4) is 6.07 Å². The number of benzene rings is 1. The molecule has 0 aliphatic heterocycles. The number of nitrogens with zero attached hydrogens (tertiary/aromatic N) is 4. The van der Waals surface area contributed by atoms with E-state index in [0.29, 0.717) is 17.5 Å². The summed E-state index contributed by atoms with van der Waals surface area (Å²) in [5.74, 6) is 2.24. The molecule has 154 valence electrons. The first-order valence-corrected chi connectivity index (χ1v) is 10.5. The number of thioether (sulfide) groups is 1. The van der Waals surface area contributed by atoms with Crippen molar-refractivity contribution in [2.75, 3.05) is 17.2 Å². The molecule has 0 aliphatic rings. The van der Waals surface area contributed by atoms with Gasteiger partial charge in [-0.25, -0.2) is 4.98 Å². The van der Waals surface area contributed by atoms with Gasteiger partial charge in [0.1, 0.15) is 17.3 Å². The SMILES string of the molecule is Cc1ccc(/C=C/c2nc(SCC(=O)N(CCC#N)c3ccc(C)c(C)c3)n[nH]2)o1. The lowest BCUT2D eigenvalue weighted by molar-refractivity contribution is -0.116. The largest absolute Gasteiger partial charge is 0.462 e. The molecule has 2 heterocycles. The fourth-order valence-corrected chi connectivity index (χ4v) is 3.44. The van der Waals surface area contributed by atoms with Crippen molar-refractivity contribution in [1.82, 2.24) is 15.2 Å². The summed E-state index contributed by atoms with van der Waals surface area (Å²) in [6.07, 6.45) is 3.84. The third-order valence-corrected chi connectivity index (χ3v) is 5.36. The van der Waals surface area contributed by atoms with Crippen molar-refractivity contribution in [3.05, 3.63) is 58.8 Å². The minimum absolute atomic E-state index is 0.0912. The summed E-state index contributed by atoms with van der Waals surface area (Å²) in [5.41, 5.74) is 3.06. The number of aryl methyl sites for hydroxylation is 3. The molecule has 0 atom stereocenters. The molecule has 2 aromatic heterocycles. The van der Waals surface area contributed by atoms with Gasteiger partial charge in [-0.3, -0.25) is 9.89 Å². The van der Waals surface area contributed by atoms with Crippen molar-refractivity contribution in [2.45, 2.75) is 32.3 Å². The average Bonchev–Trinajstić information content (AvgIpc) is 3.36. The summed E-state index contributed by atoms with van der Waals surface area (Å²) in [5, 5.41) is 16.4. The van der Waals surface area contributed by atoms with E-state index in [9.17, 15) is 4.79 Å². The summed E-state index contributed by atoms with van der Waals surface area (Å²) < 4.78 is 5.48. The lowest BCUT2D eigenvalue weighted by Gasteiger charge is -2.22. The number of hydrogen-bond acceptors (Lipinski definition) is 6. The zero-order chi connectivity index (χ0) is 21.5. The van der Waals surface area contributed by atoms with Crippen LogP contribution in [0.1, 0.15) is 34.9 Å². The Balaban J connectivity index is 1.63. The van der Waals surface area contributed by atoms with Gasteiger partial charge >= 0.3 is 0 Å². The summed E-state index contributed by atoms with van der Waals surface area (Å²) in [6, 6.07) is 11.7. The van der Waals surface area contributed by atoms with Gasteiger partial charge in [-0.05, 0) is 68.3 Å². The molecule has 1 amide bonds. The zero-order valence-electron chi connectivity index (χ0n) is 17.2. The summed E-state index contributed by atoms with van der Waals surface area (Å²) in [7, 11) is 0. The molecule has 1 N–H and O–H groups in total. The van der Waals surface area contributed by atoms with Crippen LogP contribution in [-0.2, 0) is 4.79 Å². The minimum Gasteiger partial charge on any atom is -0.462 e. The highest BCUT2D eigenvalue weighted by Crippen LogP contribution is 2.22. The average molecular weight is 422 g/mol. The van der Waals surface area contributed by atoms with Gasteiger partial charge in [0.25, 0.3) is 0 Å². The van der Waals surface area contributed by atoms with Gasteiger partial charge in [0.15, 0.2) is 0 Å². The van der Waals surface area contributed by atoms with Crippen LogP contribution in [0.5, 0.6) is 0 Å². The highest BCUT2D eigenvalue weighted by Gasteiger charge is 2.17. The molecule has 3 rings (SSSR count). The van der Waals surface area contributed by atoms with E-state index in [0.717, 1.165) is 28.3 Å². The monoisotopic (exact) mass is 421 g/mol. The lowest BCUT2D eigenvalue weighted by atomic mass is 10.1. The number of carbonyl (C=O) groups is 1. The van der Waals surface area contributed by atoms with Crippen LogP contribution in [0, 0.1) is 32.1 Å². The molecule has 1 aromatic carbocycles. The number of amides is 1. The van der Waals surface area contributed by atoms with Gasteiger partial charge in [-0.2, -0.15) is 5.26 Å². The molecule has 8 heteroatoms. The number of nitriles is 1. The van der Waals surface area contributed by atoms with Crippen LogP contribution in [-0.4, -0.2) is 33.4 Å². The maximum atomic E-state index is 12.8. The van der Waals surface area contributed by atoms with Crippen LogP contribution < -0.4 is 4.90 Å². The molecular weight excluding hydrogens is 398 g/mol. The first-order chi connectivity index (χ1) is 14.5. The van der Waals surface area contributed by atoms with Crippen LogP contribution in [0.4, 0.5) is 5.69 Å². The number of carbonyl (C=O) groups excluding carboxylic acids is 1. The molecule has 3 aromatic rings. The molecule has 0 radical (unpaired) electrons. The minimum atomic E-state index is -0.0912. The second kappa shape index (κ2) is 9.94. The van der Waals surface area contributed by atoms with Crippen molar-refractivity contribution in [1.29, 1.82) is 5.26 Å². The number of H-pyrrole nitrogens is 1. The van der Waals surface area contributed by atoms with E-state index in [1.807, 2.05) is 51.1 Å². The Hall–Kier alpha value is -3.31. The highest BCUT2D eigenvalue weighted by molar-refractivity contribution is 7.99. The van der Waals surface area contributed by atoms with Crippen LogP contribution in [0.25, 0.3) is 12.2 Å². The Morgan fingerprint density at radius 2 is 2.07 bits per heavy atom. The van der Waals surface area contributed by atoms with Gasteiger partial charge < -0.3 is 9.32 Å². The van der Waals surface area contributed by atoms with Crippen molar-refractivity contribution >= 4 is 35.5 Å². The second-order valence-corrected chi connectivity index (χ2v) is 7.74. The Labute approximate surface area is 179 Å². The number of nitrogens with one attached hydrogen (secondary N) is 1. The normalized spacial score (nSPS) is 11.0. The predicted octanol–water partition coefficient (Wildman–Crippen LogP) is 4.53. The van der Waals surface area contributed by atoms with Gasteiger partial charge in [-0.15, -0.1) is 5.10 Å². The molecule has 0 aliphatic carbocycles. The maximum Gasteiger partial charge on any atom is 0.237 e. The fourth-order valence-electron chi connectivity index (χ4n) is 2.76. The Morgan fingerprint density at radius 3 is 2.77 bits per heavy atom. The smallest absolute Gasteiger partial charge is 0.237 e. The van der Waals surface area contributed by atoms with Gasteiger partial charge in [-0.1, -0.05) is 17.8 Å². The van der Waals surface area contributed by atoms with Crippen molar-refractivity contribution in [2.24, 2.45) is 0 Å². The third-order valence-electron chi connectivity index (χ3n) is 4.52. The Kier molecular flexibility index (Phi) is 7.09. The standard InChI is InChI=1S/C22H23N5O2S/c1-15-5-7-18(13-16(15)2)27(12-4-11-23)21(28)14-30-22-24-20(25-26-22)10-9-19-8-6-17(3)29-19/h5-10,13H,4,12,14H2,1-3H3,(H,24,25,26)/b10-9+. The Bertz CT molecular complexity index is 1090. The summed E-state index contributed by atoms with van der Waals surface area (Å²) >= 11 is 1.25. The molecule has 0 unspecified atom stereocenters. The molecule has 7 nitrogen and oxygen atoms in total. The topological polar surface area (TPSA) is 98.8 Å². The zero-order valence-corrected chi connectivity index (χ0v) is 18.0. The van der Waals surface area contributed by atoms with E-state index < -0.39 is 0 Å². The molecular formula is C22H23N5O2S. The number of aromatic nitrogens is 3. The number of aromatic amines is 1. The first-order valence-electron chi connectivity index (χ1n) is 9.50. The van der Waals surface area contributed by atoms with Crippen LogP contribution in [0.2, 0.25) is 0 Å². The quantitative estimate of drug-likeness (QED) is 0.537. The van der Waals surface area contributed by atoms with E-state index >= 15 is 0 Å². The number of furan rings is 1. The maximum absolute atomic E-state index is 12.8. The van der Waals surface area contributed by atoms with Crippen molar-refractivity contribution in [3.63, 3.8) is 0 Å². The molecule has 0 spiro atoms. The molecule has 0 fully saturated rings. The Morgan fingerprint density at radius 1 is 1.23 bits per heavy atom. The fraction of sp³-hybridized carbons (Fsp3) is 0.273. The lowest BCUT2D eigenvalue weighted by Crippen LogP contribution is -2.33. The van der Waals surface area contributed by atoms with Gasteiger partial charge in [0, 0.05) is 12.2 Å². The van der Waals surface area contributed by atoms with Crippen LogP contribution in [0.3, 0.4) is 0 Å². The van der Waals surface area contributed by atoms with Crippen molar-refractivity contribution < 1.29 is 9.21 Å². The van der Waals surface area contributed by atoms with E-state index in [-0.39, 0.29) is 18.1 Å². The van der Waals surface area contributed by atoms with Gasteiger partial charge in [0.05, 0.1) is 18.2 Å². The first kappa shape index (κ1) is 21.4. The summed E-state index contributed by atoms with van der Waals surface area (Å²) in [4.78, 5) is 18.9. The molecule has 0 saturated carbocycles. The highest BCUT2D eigenvalue weighted by atomic mass is 32.2. The molecule has 30 heavy (non-hydrogen) atoms. The number of rotatable bonds is 8. The van der Waals surface area contributed by atoms with E-state index in [1.165, 1.54) is 11.8 Å². The van der Waals surface area contributed by atoms with Crippen LogP contribution >= 0.6 is 11.8 Å². The second-order valence-electron chi connectivity index (χ2n) is 6.80. The van der Waals surface area contributed by atoms with E-state index in [1.54, 1.807) is 17.1 Å². The predicted molar refractivity (Wildman–Crippen MR) is 118 cm³/mol. The molecule has 0 saturated heterocycles. The van der Waals surface area contributed by atoms with E-state index in [4.69, 9.17) is 9.68 Å². The number of anilines is 1. The van der Waals surface area contributed by atoms with E-state index in [2.05, 4.69) is 21.3 Å². The number of hydrogen-bond donors (Lipinski definition) is 1. The summed E-state index contributed by atoms with van der Waals surface area (Å²) in [6.45, 7) is 6.27.